The van der Waals surface area contributed by atoms with Gasteiger partial charge in [0, 0.05) is 24.3 Å². The molecule has 100 valence electrons. The van der Waals surface area contributed by atoms with Crippen molar-refractivity contribution in [3.63, 3.8) is 0 Å². The fraction of sp³-hybridized carbons (Fsp3) is 0.400. The first kappa shape index (κ1) is 13.6. The molecule has 0 spiro atoms. The smallest absolute Gasteiger partial charge is 0.251 e. The minimum atomic E-state index is -0.0908. The minimum Gasteiger partial charge on any atom is -0.376 e. The lowest BCUT2D eigenvalue weighted by Gasteiger charge is -2.10. The van der Waals surface area contributed by atoms with Gasteiger partial charge in [-0.1, -0.05) is 17.9 Å². The second-order valence-corrected chi connectivity index (χ2v) is 4.43. The van der Waals surface area contributed by atoms with Crippen molar-refractivity contribution in [2.75, 3.05) is 19.7 Å². The van der Waals surface area contributed by atoms with Crippen LogP contribution in [0.5, 0.6) is 0 Å². The number of ether oxygens (including phenoxy) is 1. The Kier molecular flexibility index (Phi) is 4.96. The van der Waals surface area contributed by atoms with Crippen molar-refractivity contribution in [1.82, 2.24) is 5.32 Å². The predicted molar refractivity (Wildman–Crippen MR) is 73.7 cm³/mol. The number of carbonyl (C=O) groups is 1. The van der Waals surface area contributed by atoms with Crippen LogP contribution in [0.25, 0.3) is 0 Å². The molecule has 4 heteroatoms. The van der Waals surface area contributed by atoms with Crippen LogP contribution in [0, 0.1) is 11.8 Å². The van der Waals surface area contributed by atoms with Crippen LogP contribution in [0.3, 0.4) is 0 Å². The van der Waals surface area contributed by atoms with Gasteiger partial charge in [0.2, 0.25) is 0 Å². The molecule has 1 heterocycles. The lowest BCUT2D eigenvalue weighted by atomic mass is 10.1. The summed E-state index contributed by atoms with van der Waals surface area (Å²) in [7, 11) is 0. The van der Waals surface area contributed by atoms with Crippen LogP contribution in [0.1, 0.15) is 28.8 Å². The van der Waals surface area contributed by atoms with E-state index in [-0.39, 0.29) is 12.0 Å². The quantitative estimate of drug-likeness (QED) is 0.792. The summed E-state index contributed by atoms with van der Waals surface area (Å²) in [6.45, 7) is 1.68. The first-order valence-electron chi connectivity index (χ1n) is 6.48. The van der Waals surface area contributed by atoms with Gasteiger partial charge in [-0.05, 0) is 31.0 Å². The number of benzene rings is 1. The lowest BCUT2D eigenvalue weighted by molar-refractivity contribution is 0.0858. The summed E-state index contributed by atoms with van der Waals surface area (Å²) in [6.07, 6.45) is 2.25. The summed E-state index contributed by atoms with van der Waals surface area (Å²) in [6, 6.07) is 7.23. The van der Waals surface area contributed by atoms with E-state index in [2.05, 4.69) is 17.2 Å². The molecule has 1 aromatic carbocycles. The van der Waals surface area contributed by atoms with Gasteiger partial charge in [-0.3, -0.25) is 4.79 Å². The molecule has 0 bridgehead atoms. The zero-order valence-electron chi connectivity index (χ0n) is 10.8. The van der Waals surface area contributed by atoms with Gasteiger partial charge < -0.3 is 15.8 Å². The number of hydrogen-bond donors (Lipinski definition) is 2. The molecular formula is C15H18N2O2. The zero-order chi connectivity index (χ0) is 13.5. The van der Waals surface area contributed by atoms with E-state index in [1.165, 1.54) is 0 Å². The number of nitrogens with one attached hydrogen (secondary N) is 1. The molecule has 0 aliphatic carbocycles. The molecule has 1 fully saturated rings. The van der Waals surface area contributed by atoms with Crippen molar-refractivity contribution in [3.8, 4) is 11.8 Å². The number of nitrogens with two attached hydrogens (primary N) is 1. The Morgan fingerprint density at radius 1 is 1.53 bits per heavy atom. The van der Waals surface area contributed by atoms with E-state index in [1.54, 1.807) is 12.1 Å². The largest absolute Gasteiger partial charge is 0.376 e. The molecule has 1 atom stereocenters. The minimum absolute atomic E-state index is 0.0908. The molecule has 0 saturated carbocycles. The van der Waals surface area contributed by atoms with Gasteiger partial charge in [-0.25, -0.2) is 0 Å². The molecule has 1 amide bonds. The van der Waals surface area contributed by atoms with Crippen LogP contribution in [0.4, 0.5) is 0 Å². The SMILES string of the molecule is NCC#Cc1cccc(C(=O)NCC2CCCO2)c1. The van der Waals surface area contributed by atoms with Gasteiger partial charge in [0.05, 0.1) is 12.6 Å². The highest BCUT2D eigenvalue weighted by Gasteiger charge is 2.16. The van der Waals surface area contributed by atoms with Gasteiger partial charge in [-0.2, -0.15) is 0 Å². The summed E-state index contributed by atoms with van der Waals surface area (Å²) >= 11 is 0. The van der Waals surface area contributed by atoms with Gasteiger partial charge in [0.1, 0.15) is 0 Å². The van der Waals surface area contributed by atoms with Crippen molar-refractivity contribution in [1.29, 1.82) is 0 Å². The van der Waals surface area contributed by atoms with E-state index in [0.717, 1.165) is 25.0 Å². The van der Waals surface area contributed by atoms with Crippen molar-refractivity contribution >= 4 is 5.91 Å². The van der Waals surface area contributed by atoms with Crippen LogP contribution in [0.15, 0.2) is 24.3 Å². The predicted octanol–water partition coefficient (Wildman–Crippen LogP) is 0.906. The first-order valence-corrected chi connectivity index (χ1v) is 6.48. The fourth-order valence-electron chi connectivity index (χ4n) is 2.01. The topological polar surface area (TPSA) is 64.4 Å². The third-order valence-corrected chi connectivity index (χ3v) is 2.97. The Labute approximate surface area is 113 Å². The molecule has 1 unspecified atom stereocenters. The van der Waals surface area contributed by atoms with Gasteiger partial charge in [0.25, 0.3) is 5.91 Å². The molecular weight excluding hydrogens is 240 g/mol. The van der Waals surface area contributed by atoms with Crippen molar-refractivity contribution in [2.24, 2.45) is 5.73 Å². The van der Waals surface area contributed by atoms with Crippen LogP contribution in [0.2, 0.25) is 0 Å². The Morgan fingerprint density at radius 3 is 3.16 bits per heavy atom. The number of hydrogen-bond acceptors (Lipinski definition) is 3. The summed E-state index contributed by atoms with van der Waals surface area (Å²) in [5.74, 6) is 5.60. The van der Waals surface area contributed by atoms with E-state index >= 15 is 0 Å². The standard InChI is InChI=1S/C15H18N2O2/c16-8-2-5-12-4-1-6-13(10-12)15(18)17-11-14-7-3-9-19-14/h1,4,6,10,14H,3,7-9,11,16H2,(H,17,18). The second-order valence-electron chi connectivity index (χ2n) is 4.43. The normalized spacial score (nSPS) is 17.6. The Balaban J connectivity index is 1.94. The van der Waals surface area contributed by atoms with Crippen molar-refractivity contribution in [2.45, 2.75) is 18.9 Å². The molecule has 1 aliphatic rings. The third kappa shape index (κ3) is 4.09. The molecule has 0 radical (unpaired) electrons. The molecule has 4 nitrogen and oxygen atoms in total. The van der Waals surface area contributed by atoms with E-state index in [0.29, 0.717) is 18.7 Å². The highest BCUT2D eigenvalue weighted by molar-refractivity contribution is 5.94. The van der Waals surface area contributed by atoms with Crippen LogP contribution in [-0.4, -0.2) is 31.7 Å². The Bertz CT molecular complexity index is 496. The summed E-state index contributed by atoms with van der Waals surface area (Å²) in [5.41, 5.74) is 6.74. The van der Waals surface area contributed by atoms with E-state index in [1.807, 2.05) is 12.1 Å². The maximum atomic E-state index is 12.0. The number of rotatable bonds is 3. The highest BCUT2D eigenvalue weighted by Crippen LogP contribution is 2.11. The van der Waals surface area contributed by atoms with Gasteiger partial charge in [-0.15, -0.1) is 0 Å². The highest BCUT2D eigenvalue weighted by atomic mass is 16.5. The third-order valence-electron chi connectivity index (χ3n) is 2.97. The van der Waals surface area contributed by atoms with Crippen molar-refractivity contribution < 1.29 is 9.53 Å². The molecule has 3 N–H and O–H groups in total. The zero-order valence-corrected chi connectivity index (χ0v) is 10.8. The van der Waals surface area contributed by atoms with Gasteiger partial charge >= 0.3 is 0 Å². The monoisotopic (exact) mass is 258 g/mol. The first-order chi connectivity index (χ1) is 9.29. The van der Waals surface area contributed by atoms with Crippen LogP contribution >= 0.6 is 0 Å². The van der Waals surface area contributed by atoms with Gasteiger partial charge in [0.15, 0.2) is 0 Å². The number of carbonyl (C=O) groups excluding carboxylic acids is 1. The van der Waals surface area contributed by atoms with E-state index in [4.69, 9.17) is 10.5 Å². The van der Waals surface area contributed by atoms with E-state index < -0.39 is 0 Å². The fourth-order valence-corrected chi connectivity index (χ4v) is 2.01. The summed E-state index contributed by atoms with van der Waals surface area (Å²) < 4.78 is 5.47. The maximum Gasteiger partial charge on any atom is 0.251 e. The molecule has 1 aliphatic heterocycles. The average Bonchev–Trinajstić information content (AvgIpc) is 2.96. The maximum absolute atomic E-state index is 12.0. The Morgan fingerprint density at radius 2 is 2.42 bits per heavy atom. The summed E-state index contributed by atoms with van der Waals surface area (Å²) in [5, 5.41) is 2.89. The van der Waals surface area contributed by atoms with Crippen LogP contribution in [-0.2, 0) is 4.74 Å². The van der Waals surface area contributed by atoms with E-state index in [9.17, 15) is 4.79 Å². The Hall–Kier alpha value is -1.83. The molecule has 1 saturated heterocycles. The lowest BCUT2D eigenvalue weighted by Crippen LogP contribution is -2.31. The average molecular weight is 258 g/mol. The second kappa shape index (κ2) is 6.93. The van der Waals surface area contributed by atoms with Crippen LogP contribution < -0.4 is 11.1 Å². The molecule has 0 aromatic heterocycles. The van der Waals surface area contributed by atoms with Crippen molar-refractivity contribution in [3.05, 3.63) is 35.4 Å². The summed E-state index contributed by atoms with van der Waals surface area (Å²) in [4.78, 5) is 12.0. The molecule has 2 rings (SSSR count). The molecule has 1 aromatic rings. The molecule has 19 heavy (non-hydrogen) atoms. The number of amides is 1.